The molecule has 0 amide bonds. The van der Waals surface area contributed by atoms with Crippen molar-refractivity contribution in [3.8, 4) is 0 Å². The summed E-state index contributed by atoms with van der Waals surface area (Å²) in [5, 5.41) is 13.0. The van der Waals surface area contributed by atoms with Gasteiger partial charge in [-0.05, 0) is 32.3 Å². The molecule has 1 aliphatic heterocycles. The zero-order valence-corrected chi connectivity index (χ0v) is 15.8. The number of fused-ring (bicyclic) bond motifs is 3. The molecule has 1 saturated heterocycles. The first-order valence-electron chi connectivity index (χ1n) is 9.23. The number of hydrogen-bond donors (Lipinski definition) is 3. The van der Waals surface area contributed by atoms with E-state index in [4.69, 9.17) is 0 Å². The molecule has 144 valence electrons. The lowest BCUT2D eigenvalue weighted by Gasteiger charge is -2.24. The maximum absolute atomic E-state index is 12.3. The maximum Gasteiger partial charge on any atom is 0.214 e. The van der Waals surface area contributed by atoms with Crippen LogP contribution >= 0.6 is 0 Å². The summed E-state index contributed by atoms with van der Waals surface area (Å²) in [7, 11) is -3.22. The Labute approximate surface area is 156 Å². The predicted octanol–water partition coefficient (Wildman–Crippen LogP) is 0.758. The van der Waals surface area contributed by atoms with Gasteiger partial charge in [-0.1, -0.05) is 0 Å². The highest BCUT2D eigenvalue weighted by atomic mass is 32.2. The zero-order valence-electron chi connectivity index (χ0n) is 15.0. The highest BCUT2D eigenvalue weighted by Gasteiger charge is 2.38. The highest BCUT2D eigenvalue weighted by Crippen LogP contribution is 2.30. The molecule has 3 N–H and O–H groups in total. The minimum absolute atomic E-state index is 0.140. The van der Waals surface area contributed by atoms with Crippen molar-refractivity contribution in [1.82, 2.24) is 24.4 Å². The van der Waals surface area contributed by atoms with Crippen LogP contribution in [-0.4, -0.2) is 57.5 Å². The van der Waals surface area contributed by atoms with Gasteiger partial charge in [0.05, 0.1) is 18.0 Å². The van der Waals surface area contributed by atoms with E-state index in [1.807, 2.05) is 16.9 Å². The Kier molecular flexibility index (Phi) is 3.72. The monoisotopic (exact) mass is 390 g/mol. The molecular weight excluding hydrogens is 368 g/mol. The van der Waals surface area contributed by atoms with Crippen LogP contribution in [0.1, 0.15) is 38.1 Å². The van der Waals surface area contributed by atoms with E-state index < -0.39 is 16.1 Å². The molecule has 10 heteroatoms. The van der Waals surface area contributed by atoms with Crippen molar-refractivity contribution in [2.75, 3.05) is 18.1 Å². The first kappa shape index (κ1) is 17.0. The number of H-pyrrole nitrogens is 1. The number of nitrogens with zero attached hydrogens (tertiary/aromatic N) is 4. The molecule has 1 aliphatic carbocycles. The Morgan fingerprint density at radius 3 is 2.93 bits per heavy atom. The first-order chi connectivity index (χ1) is 12.9. The summed E-state index contributed by atoms with van der Waals surface area (Å²) >= 11 is 0. The molecule has 3 aromatic rings. The van der Waals surface area contributed by atoms with Crippen LogP contribution in [0.4, 0.5) is 0 Å². The summed E-state index contributed by atoms with van der Waals surface area (Å²) in [6.07, 6.45) is 4.98. The topological polar surface area (TPSA) is 116 Å². The SMILES string of the molecule is C[C@@H](O)c1nc2cnc3[nH]ccc3c2n1N1CCC(NS(=O)(=O)C2CC2)C1. The summed E-state index contributed by atoms with van der Waals surface area (Å²) in [5.74, 6) is 0.534. The molecule has 0 bridgehead atoms. The zero-order chi connectivity index (χ0) is 18.8. The van der Waals surface area contributed by atoms with Gasteiger partial charge in [0.2, 0.25) is 10.0 Å². The van der Waals surface area contributed by atoms with Gasteiger partial charge in [-0.25, -0.2) is 27.8 Å². The Morgan fingerprint density at radius 1 is 1.37 bits per heavy atom. The molecule has 2 aliphatic rings. The van der Waals surface area contributed by atoms with E-state index in [2.05, 4.69) is 24.7 Å². The van der Waals surface area contributed by atoms with Crippen LogP contribution in [0, 0.1) is 0 Å². The van der Waals surface area contributed by atoms with E-state index in [0.29, 0.717) is 30.9 Å². The maximum atomic E-state index is 12.3. The van der Waals surface area contributed by atoms with Gasteiger partial charge >= 0.3 is 0 Å². The number of imidazole rings is 1. The van der Waals surface area contributed by atoms with Crippen LogP contribution in [0.15, 0.2) is 18.5 Å². The van der Waals surface area contributed by atoms with Gasteiger partial charge in [-0.2, -0.15) is 0 Å². The number of hydrogen-bond acceptors (Lipinski definition) is 6. The predicted molar refractivity (Wildman–Crippen MR) is 101 cm³/mol. The summed E-state index contributed by atoms with van der Waals surface area (Å²) in [6, 6.07) is 1.80. The second-order valence-electron chi connectivity index (χ2n) is 7.45. The summed E-state index contributed by atoms with van der Waals surface area (Å²) in [5.41, 5.74) is 2.34. The van der Waals surface area contributed by atoms with E-state index in [-0.39, 0.29) is 11.3 Å². The molecule has 1 saturated carbocycles. The number of nitrogens with one attached hydrogen (secondary N) is 2. The number of sulfonamides is 1. The molecule has 4 heterocycles. The molecule has 1 unspecified atom stereocenters. The van der Waals surface area contributed by atoms with Gasteiger partial charge in [0.15, 0.2) is 5.82 Å². The van der Waals surface area contributed by atoms with Gasteiger partial charge in [0.25, 0.3) is 0 Å². The van der Waals surface area contributed by atoms with E-state index >= 15 is 0 Å². The van der Waals surface area contributed by atoms with Crippen LogP contribution in [-0.2, 0) is 10.0 Å². The smallest absolute Gasteiger partial charge is 0.214 e. The standard InChI is InChI=1S/C17H22N6O3S/c1-10(24)17-20-14-8-19-16-13(4-6-18-16)15(14)23(17)22-7-5-11(9-22)21-27(25,26)12-2-3-12/h4,6,8,10-12,21,24H,2-3,5,7,9H2,1H3,(H,18,19)/t10-,11?/m1/s1. The van der Waals surface area contributed by atoms with E-state index in [1.54, 1.807) is 13.1 Å². The number of aliphatic hydroxyl groups excluding tert-OH is 1. The number of aromatic amines is 1. The molecule has 27 heavy (non-hydrogen) atoms. The van der Waals surface area contributed by atoms with Crippen LogP contribution in [0.25, 0.3) is 22.1 Å². The largest absolute Gasteiger partial charge is 0.385 e. The molecule has 0 spiro atoms. The van der Waals surface area contributed by atoms with Crippen molar-refractivity contribution in [3.05, 3.63) is 24.3 Å². The Morgan fingerprint density at radius 2 is 2.19 bits per heavy atom. The number of aromatic nitrogens is 4. The Balaban J connectivity index is 1.54. The fourth-order valence-corrected chi connectivity index (χ4v) is 5.46. The van der Waals surface area contributed by atoms with Crippen LogP contribution < -0.4 is 9.73 Å². The highest BCUT2D eigenvalue weighted by molar-refractivity contribution is 7.90. The Bertz CT molecular complexity index is 1110. The third kappa shape index (κ3) is 2.79. The average molecular weight is 390 g/mol. The second-order valence-corrected chi connectivity index (χ2v) is 9.44. The summed E-state index contributed by atoms with van der Waals surface area (Å²) in [4.78, 5) is 12.1. The van der Waals surface area contributed by atoms with Gasteiger partial charge < -0.3 is 15.1 Å². The number of pyridine rings is 1. The first-order valence-corrected chi connectivity index (χ1v) is 10.8. The molecule has 2 atom stereocenters. The van der Waals surface area contributed by atoms with E-state index in [0.717, 1.165) is 29.4 Å². The molecular formula is C17H22N6O3S. The van der Waals surface area contributed by atoms with Crippen molar-refractivity contribution in [2.45, 2.75) is 43.6 Å². The fourth-order valence-electron chi connectivity index (χ4n) is 3.86. The molecule has 9 nitrogen and oxygen atoms in total. The number of aliphatic hydroxyl groups is 1. The van der Waals surface area contributed by atoms with Crippen LogP contribution in [0.2, 0.25) is 0 Å². The van der Waals surface area contributed by atoms with Gasteiger partial charge in [-0.15, -0.1) is 0 Å². The normalized spacial score (nSPS) is 22.1. The fraction of sp³-hybridized carbons (Fsp3) is 0.529. The molecule has 0 radical (unpaired) electrons. The van der Waals surface area contributed by atoms with E-state index in [9.17, 15) is 13.5 Å². The lowest BCUT2D eigenvalue weighted by Crippen LogP contribution is -2.41. The van der Waals surface area contributed by atoms with Gasteiger partial charge in [0, 0.05) is 24.2 Å². The van der Waals surface area contributed by atoms with Gasteiger partial charge in [-0.3, -0.25) is 0 Å². The van der Waals surface area contributed by atoms with Gasteiger partial charge in [0.1, 0.15) is 22.8 Å². The minimum Gasteiger partial charge on any atom is -0.385 e. The lowest BCUT2D eigenvalue weighted by molar-refractivity contribution is 0.184. The minimum atomic E-state index is -3.22. The Hall–Kier alpha value is -2.17. The summed E-state index contributed by atoms with van der Waals surface area (Å²) < 4.78 is 29.3. The second kappa shape index (κ2) is 5.91. The third-order valence-electron chi connectivity index (χ3n) is 5.32. The van der Waals surface area contributed by atoms with Crippen LogP contribution in [0.3, 0.4) is 0 Å². The van der Waals surface area contributed by atoms with Crippen molar-refractivity contribution in [2.24, 2.45) is 0 Å². The summed E-state index contributed by atoms with van der Waals surface area (Å²) in [6.45, 7) is 2.89. The number of rotatable bonds is 5. The molecule has 5 rings (SSSR count). The van der Waals surface area contributed by atoms with Crippen molar-refractivity contribution >= 4 is 32.1 Å². The third-order valence-corrected chi connectivity index (χ3v) is 7.33. The quantitative estimate of drug-likeness (QED) is 0.592. The van der Waals surface area contributed by atoms with Crippen molar-refractivity contribution in [3.63, 3.8) is 0 Å². The van der Waals surface area contributed by atoms with Crippen molar-refractivity contribution in [1.29, 1.82) is 0 Å². The molecule has 0 aromatic carbocycles. The van der Waals surface area contributed by atoms with Crippen LogP contribution in [0.5, 0.6) is 0 Å². The molecule has 3 aromatic heterocycles. The average Bonchev–Trinajstić information content (AvgIpc) is 3.04. The van der Waals surface area contributed by atoms with Crippen molar-refractivity contribution < 1.29 is 13.5 Å². The molecule has 2 fully saturated rings. The van der Waals surface area contributed by atoms with E-state index in [1.165, 1.54) is 0 Å². The lowest BCUT2D eigenvalue weighted by atomic mass is 10.3.